The zero-order valence-corrected chi connectivity index (χ0v) is 12.6. The highest BCUT2D eigenvalue weighted by molar-refractivity contribution is 6.32. The lowest BCUT2D eigenvalue weighted by atomic mass is 10.0. The van der Waals surface area contributed by atoms with Crippen molar-refractivity contribution in [3.63, 3.8) is 0 Å². The number of aryl methyl sites for hydroxylation is 1. The first-order valence-corrected chi connectivity index (χ1v) is 7.20. The van der Waals surface area contributed by atoms with E-state index in [1.54, 1.807) is 17.9 Å². The Morgan fingerprint density at radius 1 is 1.60 bits per heavy atom. The maximum atomic E-state index is 12.1. The number of nitrogens with zero attached hydrogens (tertiary/aromatic N) is 1. The largest absolute Gasteiger partial charge is 0.482 e. The summed E-state index contributed by atoms with van der Waals surface area (Å²) in [7, 11) is 0. The van der Waals surface area contributed by atoms with Crippen molar-refractivity contribution >= 4 is 17.5 Å². The maximum Gasteiger partial charge on any atom is 0.260 e. The zero-order valence-electron chi connectivity index (χ0n) is 11.8. The first-order chi connectivity index (χ1) is 9.47. The molecule has 20 heavy (non-hydrogen) atoms. The van der Waals surface area contributed by atoms with Gasteiger partial charge in [0.25, 0.3) is 5.91 Å². The SMILES string of the molecule is Cc1ccc(Cl)c(OCC(=O)N2CCC(C(C)O)C2)c1. The summed E-state index contributed by atoms with van der Waals surface area (Å²) in [6, 6.07) is 5.47. The highest BCUT2D eigenvalue weighted by Crippen LogP contribution is 2.25. The van der Waals surface area contributed by atoms with Gasteiger partial charge < -0.3 is 14.7 Å². The van der Waals surface area contributed by atoms with Crippen molar-refractivity contribution in [2.24, 2.45) is 5.92 Å². The van der Waals surface area contributed by atoms with Crippen LogP contribution in [0, 0.1) is 12.8 Å². The van der Waals surface area contributed by atoms with Gasteiger partial charge in [0.1, 0.15) is 5.75 Å². The van der Waals surface area contributed by atoms with Crippen LogP contribution in [0.4, 0.5) is 0 Å². The molecule has 1 amide bonds. The molecule has 1 fully saturated rings. The van der Waals surface area contributed by atoms with E-state index in [1.165, 1.54) is 0 Å². The Morgan fingerprint density at radius 2 is 2.35 bits per heavy atom. The molecular formula is C15H20ClNO3. The molecule has 2 rings (SSSR count). The van der Waals surface area contributed by atoms with Crippen LogP contribution < -0.4 is 4.74 Å². The fraction of sp³-hybridized carbons (Fsp3) is 0.533. The second-order valence-electron chi connectivity index (χ2n) is 5.35. The van der Waals surface area contributed by atoms with Crippen LogP contribution in [-0.2, 0) is 4.79 Å². The third-order valence-electron chi connectivity index (χ3n) is 3.70. The second kappa shape index (κ2) is 6.46. The minimum Gasteiger partial charge on any atom is -0.482 e. The van der Waals surface area contributed by atoms with Gasteiger partial charge in [0, 0.05) is 19.0 Å². The molecular weight excluding hydrogens is 278 g/mol. The van der Waals surface area contributed by atoms with E-state index in [-0.39, 0.29) is 24.5 Å². The number of aliphatic hydroxyl groups is 1. The minimum atomic E-state index is -0.375. The van der Waals surface area contributed by atoms with E-state index in [0.717, 1.165) is 12.0 Å². The Bertz CT molecular complexity index is 490. The van der Waals surface area contributed by atoms with E-state index >= 15 is 0 Å². The molecule has 2 unspecified atom stereocenters. The number of carbonyl (C=O) groups excluding carboxylic acids is 1. The van der Waals surface area contributed by atoms with Crippen LogP contribution in [0.2, 0.25) is 5.02 Å². The third kappa shape index (κ3) is 3.64. The Morgan fingerprint density at radius 3 is 3.00 bits per heavy atom. The van der Waals surface area contributed by atoms with Gasteiger partial charge in [-0.2, -0.15) is 0 Å². The first kappa shape index (κ1) is 15.1. The number of hydrogen-bond acceptors (Lipinski definition) is 3. The summed E-state index contributed by atoms with van der Waals surface area (Å²) in [6.07, 6.45) is 0.467. The number of carbonyl (C=O) groups is 1. The van der Waals surface area contributed by atoms with Crippen LogP contribution in [0.3, 0.4) is 0 Å². The van der Waals surface area contributed by atoms with E-state index in [2.05, 4.69) is 0 Å². The maximum absolute atomic E-state index is 12.1. The molecule has 5 heteroatoms. The lowest BCUT2D eigenvalue weighted by molar-refractivity contribution is -0.132. The van der Waals surface area contributed by atoms with Crippen LogP contribution in [0.5, 0.6) is 5.75 Å². The summed E-state index contributed by atoms with van der Waals surface area (Å²) < 4.78 is 5.50. The van der Waals surface area contributed by atoms with Crippen LogP contribution in [-0.4, -0.2) is 41.7 Å². The lowest BCUT2D eigenvalue weighted by Gasteiger charge is -2.18. The van der Waals surface area contributed by atoms with E-state index in [0.29, 0.717) is 23.9 Å². The molecule has 0 saturated carbocycles. The van der Waals surface area contributed by atoms with Crippen molar-refractivity contribution < 1.29 is 14.6 Å². The van der Waals surface area contributed by atoms with Crippen molar-refractivity contribution in [3.05, 3.63) is 28.8 Å². The van der Waals surface area contributed by atoms with Gasteiger partial charge in [-0.25, -0.2) is 0 Å². The number of amides is 1. The summed E-state index contributed by atoms with van der Waals surface area (Å²) in [4.78, 5) is 13.8. The highest BCUT2D eigenvalue weighted by Gasteiger charge is 2.29. The smallest absolute Gasteiger partial charge is 0.260 e. The molecule has 110 valence electrons. The molecule has 2 atom stereocenters. The summed E-state index contributed by atoms with van der Waals surface area (Å²) in [5.41, 5.74) is 1.03. The predicted molar refractivity (Wildman–Crippen MR) is 78.1 cm³/mol. The van der Waals surface area contributed by atoms with Crippen LogP contribution in [0.25, 0.3) is 0 Å². The van der Waals surface area contributed by atoms with Crippen LogP contribution in [0.1, 0.15) is 18.9 Å². The van der Waals surface area contributed by atoms with Crippen molar-refractivity contribution in [1.82, 2.24) is 4.90 Å². The Labute approximate surface area is 124 Å². The number of hydrogen-bond donors (Lipinski definition) is 1. The third-order valence-corrected chi connectivity index (χ3v) is 4.01. The van der Waals surface area contributed by atoms with Crippen molar-refractivity contribution in [3.8, 4) is 5.75 Å². The fourth-order valence-electron chi connectivity index (χ4n) is 2.36. The van der Waals surface area contributed by atoms with Crippen molar-refractivity contribution in [1.29, 1.82) is 0 Å². The summed E-state index contributed by atoms with van der Waals surface area (Å²) >= 11 is 6.02. The fourth-order valence-corrected chi connectivity index (χ4v) is 2.53. The number of ether oxygens (including phenoxy) is 1. The van der Waals surface area contributed by atoms with Gasteiger partial charge in [0.15, 0.2) is 6.61 Å². The van der Waals surface area contributed by atoms with Gasteiger partial charge in [-0.15, -0.1) is 0 Å². The average Bonchev–Trinajstić information content (AvgIpc) is 2.89. The standard InChI is InChI=1S/C15H20ClNO3/c1-10-3-4-13(16)14(7-10)20-9-15(19)17-6-5-12(8-17)11(2)18/h3-4,7,11-12,18H,5-6,8-9H2,1-2H3. The van der Waals surface area contributed by atoms with E-state index < -0.39 is 0 Å². The summed E-state index contributed by atoms with van der Waals surface area (Å²) in [5.74, 6) is 0.638. The second-order valence-corrected chi connectivity index (χ2v) is 5.76. The molecule has 0 aliphatic carbocycles. The van der Waals surface area contributed by atoms with Gasteiger partial charge in [-0.05, 0) is 38.0 Å². The normalized spacial score (nSPS) is 20.0. The number of aliphatic hydroxyl groups excluding tert-OH is 1. The molecule has 0 radical (unpaired) electrons. The summed E-state index contributed by atoms with van der Waals surface area (Å²) in [5, 5.41) is 10.0. The first-order valence-electron chi connectivity index (χ1n) is 6.82. The minimum absolute atomic E-state index is 0.0182. The molecule has 1 heterocycles. The molecule has 0 bridgehead atoms. The highest BCUT2D eigenvalue weighted by atomic mass is 35.5. The number of likely N-dealkylation sites (tertiary alicyclic amines) is 1. The van der Waals surface area contributed by atoms with Crippen molar-refractivity contribution in [2.45, 2.75) is 26.4 Å². The zero-order chi connectivity index (χ0) is 14.7. The van der Waals surface area contributed by atoms with Crippen LogP contribution >= 0.6 is 11.6 Å². The quantitative estimate of drug-likeness (QED) is 0.927. The number of benzene rings is 1. The predicted octanol–water partition coefficient (Wildman–Crippen LogP) is 2.26. The molecule has 1 saturated heterocycles. The lowest BCUT2D eigenvalue weighted by Crippen LogP contribution is -2.34. The monoisotopic (exact) mass is 297 g/mol. The average molecular weight is 298 g/mol. The molecule has 1 aromatic carbocycles. The van der Waals surface area contributed by atoms with Gasteiger partial charge >= 0.3 is 0 Å². The van der Waals surface area contributed by atoms with Gasteiger partial charge in [-0.1, -0.05) is 17.7 Å². The number of rotatable bonds is 4. The van der Waals surface area contributed by atoms with E-state index in [4.69, 9.17) is 16.3 Å². The Hall–Kier alpha value is -1.26. The molecule has 1 aromatic rings. The van der Waals surface area contributed by atoms with Crippen molar-refractivity contribution in [2.75, 3.05) is 19.7 Å². The molecule has 1 aliphatic heterocycles. The van der Waals surface area contributed by atoms with E-state index in [9.17, 15) is 9.90 Å². The molecule has 1 N–H and O–H groups in total. The topological polar surface area (TPSA) is 49.8 Å². The molecule has 1 aliphatic rings. The molecule has 0 spiro atoms. The Kier molecular flexibility index (Phi) is 4.89. The molecule has 0 aromatic heterocycles. The number of halogens is 1. The van der Waals surface area contributed by atoms with Crippen LogP contribution in [0.15, 0.2) is 18.2 Å². The van der Waals surface area contributed by atoms with Gasteiger partial charge in [0.05, 0.1) is 11.1 Å². The van der Waals surface area contributed by atoms with E-state index in [1.807, 2.05) is 19.1 Å². The Balaban J connectivity index is 1.88. The molecule has 4 nitrogen and oxygen atoms in total. The van der Waals surface area contributed by atoms with Gasteiger partial charge in [0.2, 0.25) is 0 Å². The van der Waals surface area contributed by atoms with Gasteiger partial charge in [-0.3, -0.25) is 4.79 Å². The summed E-state index contributed by atoms with van der Waals surface area (Å²) in [6.45, 7) is 4.97.